The summed E-state index contributed by atoms with van der Waals surface area (Å²) in [6.45, 7) is 0. The molecular formula is C35H23N3. The van der Waals surface area contributed by atoms with Gasteiger partial charge in [-0.1, -0.05) is 60.7 Å². The summed E-state index contributed by atoms with van der Waals surface area (Å²) in [5, 5.41) is 6.25. The van der Waals surface area contributed by atoms with E-state index in [0.29, 0.717) is 0 Å². The molecule has 0 unspecified atom stereocenters. The third-order valence-corrected chi connectivity index (χ3v) is 7.61. The highest BCUT2D eigenvalue weighted by atomic mass is 15.0. The maximum absolute atomic E-state index is 4.20. The van der Waals surface area contributed by atoms with Gasteiger partial charge in [0, 0.05) is 51.5 Å². The van der Waals surface area contributed by atoms with Gasteiger partial charge in [0.1, 0.15) is 0 Å². The maximum atomic E-state index is 4.20. The highest BCUT2D eigenvalue weighted by Gasteiger charge is 2.16. The third kappa shape index (κ3) is 3.12. The molecule has 0 fully saturated rings. The fourth-order valence-corrected chi connectivity index (χ4v) is 5.86. The Balaban J connectivity index is 1.44. The first-order valence-corrected chi connectivity index (χ1v) is 12.9. The molecule has 8 aromatic rings. The molecule has 8 rings (SSSR count). The first kappa shape index (κ1) is 21.0. The molecule has 0 saturated carbocycles. The van der Waals surface area contributed by atoms with Crippen molar-refractivity contribution in [1.82, 2.24) is 14.1 Å². The summed E-state index contributed by atoms with van der Waals surface area (Å²) in [6, 6.07) is 43.6. The van der Waals surface area contributed by atoms with E-state index < -0.39 is 0 Å². The zero-order valence-electron chi connectivity index (χ0n) is 20.6. The van der Waals surface area contributed by atoms with Crippen LogP contribution in [0.2, 0.25) is 0 Å². The number of nitrogens with zero attached hydrogens (tertiary/aromatic N) is 3. The maximum Gasteiger partial charge on any atom is 0.0619 e. The summed E-state index contributed by atoms with van der Waals surface area (Å²) in [5.74, 6) is 0. The number of aromatic nitrogens is 3. The number of benzene rings is 5. The predicted octanol–water partition coefficient (Wildman–Crippen LogP) is 8.94. The van der Waals surface area contributed by atoms with Crippen molar-refractivity contribution in [3.63, 3.8) is 0 Å². The van der Waals surface area contributed by atoms with Gasteiger partial charge in [-0.2, -0.15) is 0 Å². The minimum atomic E-state index is 1.15. The summed E-state index contributed by atoms with van der Waals surface area (Å²) in [6.07, 6.45) is 5.87. The van der Waals surface area contributed by atoms with Crippen LogP contribution < -0.4 is 0 Å². The van der Waals surface area contributed by atoms with E-state index >= 15 is 0 Å². The average molecular weight is 486 g/mol. The Bertz CT molecular complexity index is 2120. The minimum absolute atomic E-state index is 1.15. The molecule has 5 aromatic carbocycles. The highest BCUT2D eigenvalue weighted by Crippen LogP contribution is 2.39. The fourth-order valence-electron chi connectivity index (χ4n) is 5.86. The molecule has 0 aliphatic heterocycles. The lowest BCUT2D eigenvalue weighted by Crippen LogP contribution is -1.95. The molecule has 0 atom stereocenters. The van der Waals surface area contributed by atoms with Gasteiger partial charge in [-0.15, -0.1) is 0 Å². The van der Waals surface area contributed by atoms with Crippen molar-refractivity contribution in [2.45, 2.75) is 0 Å². The Kier molecular flexibility index (Phi) is 4.52. The Morgan fingerprint density at radius 1 is 0.474 bits per heavy atom. The van der Waals surface area contributed by atoms with Crippen molar-refractivity contribution >= 4 is 43.5 Å². The Morgan fingerprint density at radius 3 is 2.18 bits per heavy atom. The smallest absolute Gasteiger partial charge is 0.0619 e. The SMILES string of the molecule is c1ccc(-n2ccc3cc4c(ccc5c6ccccc6n(-c6cccc(-c7ccncc7)c6)c45)cc32)cc1. The van der Waals surface area contributed by atoms with E-state index in [9.17, 15) is 0 Å². The van der Waals surface area contributed by atoms with Crippen molar-refractivity contribution in [3.8, 4) is 22.5 Å². The summed E-state index contributed by atoms with van der Waals surface area (Å²) < 4.78 is 4.70. The number of hydrogen-bond donors (Lipinski definition) is 0. The molecule has 3 aromatic heterocycles. The second kappa shape index (κ2) is 8.19. The van der Waals surface area contributed by atoms with Crippen LogP contribution in [0.25, 0.3) is 66.0 Å². The van der Waals surface area contributed by atoms with Gasteiger partial charge < -0.3 is 9.13 Å². The van der Waals surface area contributed by atoms with E-state index in [0.717, 1.165) is 11.3 Å². The van der Waals surface area contributed by atoms with Gasteiger partial charge in [-0.3, -0.25) is 4.98 Å². The zero-order chi connectivity index (χ0) is 25.1. The third-order valence-electron chi connectivity index (χ3n) is 7.61. The first-order chi connectivity index (χ1) is 18.8. The lowest BCUT2D eigenvalue weighted by Gasteiger charge is -2.12. The molecule has 38 heavy (non-hydrogen) atoms. The quantitative estimate of drug-likeness (QED) is 0.245. The molecule has 0 radical (unpaired) electrons. The van der Waals surface area contributed by atoms with E-state index in [-0.39, 0.29) is 0 Å². The standard InChI is InChI=1S/C35H23N3/c1-2-8-28(9-3-1)37-20-17-27-22-32-26(23-34(27)37)13-14-31-30-11-4-5-12-33(30)38(35(31)32)29-10-6-7-25(21-29)24-15-18-36-19-16-24/h1-23H. The topological polar surface area (TPSA) is 22.8 Å². The lowest BCUT2D eigenvalue weighted by atomic mass is 10.0. The number of para-hydroxylation sites is 2. The van der Waals surface area contributed by atoms with E-state index in [4.69, 9.17) is 0 Å². The zero-order valence-corrected chi connectivity index (χ0v) is 20.6. The van der Waals surface area contributed by atoms with E-state index in [1.54, 1.807) is 0 Å². The number of hydrogen-bond acceptors (Lipinski definition) is 1. The summed E-state index contributed by atoms with van der Waals surface area (Å²) >= 11 is 0. The van der Waals surface area contributed by atoms with Crippen LogP contribution in [0.15, 0.2) is 140 Å². The van der Waals surface area contributed by atoms with Gasteiger partial charge in [-0.25, -0.2) is 0 Å². The van der Waals surface area contributed by atoms with Crippen LogP contribution >= 0.6 is 0 Å². The fraction of sp³-hybridized carbons (Fsp3) is 0. The predicted molar refractivity (Wildman–Crippen MR) is 158 cm³/mol. The van der Waals surface area contributed by atoms with Crippen molar-refractivity contribution in [1.29, 1.82) is 0 Å². The molecule has 0 aliphatic carbocycles. The van der Waals surface area contributed by atoms with Gasteiger partial charge in [0.25, 0.3) is 0 Å². The normalized spacial score (nSPS) is 11.7. The van der Waals surface area contributed by atoms with Gasteiger partial charge in [0.2, 0.25) is 0 Å². The Hall–Kier alpha value is -5.15. The van der Waals surface area contributed by atoms with Crippen LogP contribution in [0.5, 0.6) is 0 Å². The van der Waals surface area contributed by atoms with Gasteiger partial charge >= 0.3 is 0 Å². The van der Waals surface area contributed by atoms with Crippen molar-refractivity contribution in [2.24, 2.45) is 0 Å². The molecule has 3 heteroatoms. The number of pyridine rings is 1. The van der Waals surface area contributed by atoms with Crippen molar-refractivity contribution in [3.05, 3.63) is 140 Å². The monoisotopic (exact) mass is 485 g/mol. The minimum Gasteiger partial charge on any atom is -0.317 e. The molecule has 178 valence electrons. The molecular weight excluding hydrogens is 462 g/mol. The van der Waals surface area contributed by atoms with Crippen LogP contribution in [0, 0.1) is 0 Å². The molecule has 3 heterocycles. The molecule has 0 spiro atoms. The van der Waals surface area contributed by atoms with E-state index in [2.05, 4.69) is 142 Å². The lowest BCUT2D eigenvalue weighted by molar-refractivity contribution is 1.13. The van der Waals surface area contributed by atoms with Gasteiger partial charge in [0.05, 0.1) is 16.6 Å². The van der Waals surface area contributed by atoms with Gasteiger partial charge in [0.15, 0.2) is 0 Å². The first-order valence-electron chi connectivity index (χ1n) is 12.9. The second-order valence-corrected chi connectivity index (χ2v) is 9.75. The van der Waals surface area contributed by atoms with Gasteiger partial charge in [-0.05, 0) is 77.2 Å². The van der Waals surface area contributed by atoms with Crippen LogP contribution in [0.4, 0.5) is 0 Å². The number of rotatable bonds is 3. The summed E-state index contributed by atoms with van der Waals surface area (Å²) in [4.78, 5) is 4.20. The van der Waals surface area contributed by atoms with Crippen LogP contribution in [0.3, 0.4) is 0 Å². The molecule has 0 bridgehead atoms. The molecule has 0 N–H and O–H groups in total. The van der Waals surface area contributed by atoms with E-state index in [1.165, 1.54) is 54.7 Å². The Labute approximate surface area is 219 Å². The Morgan fingerprint density at radius 2 is 1.29 bits per heavy atom. The highest BCUT2D eigenvalue weighted by molar-refractivity contribution is 6.20. The van der Waals surface area contributed by atoms with Crippen molar-refractivity contribution < 1.29 is 0 Å². The van der Waals surface area contributed by atoms with Crippen LogP contribution in [0.1, 0.15) is 0 Å². The summed E-state index contributed by atoms with van der Waals surface area (Å²) in [7, 11) is 0. The molecule has 0 saturated heterocycles. The summed E-state index contributed by atoms with van der Waals surface area (Å²) in [5.41, 5.74) is 8.33. The molecule has 3 nitrogen and oxygen atoms in total. The molecule has 0 aliphatic rings. The van der Waals surface area contributed by atoms with Crippen LogP contribution in [-0.2, 0) is 0 Å². The van der Waals surface area contributed by atoms with Crippen molar-refractivity contribution in [2.75, 3.05) is 0 Å². The number of fused-ring (bicyclic) bond motifs is 6. The van der Waals surface area contributed by atoms with E-state index in [1.807, 2.05) is 12.4 Å². The van der Waals surface area contributed by atoms with Crippen LogP contribution in [-0.4, -0.2) is 14.1 Å². The largest absolute Gasteiger partial charge is 0.317 e. The molecule has 0 amide bonds. The average Bonchev–Trinajstić information content (AvgIpc) is 3.56. The second-order valence-electron chi connectivity index (χ2n) is 9.75.